The Kier molecular flexibility index (Phi) is 7.25. The van der Waals surface area contributed by atoms with Crippen LogP contribution in [0.2, 0.25) is 5.02 Å². The minimum atomic E-state index is -0.593. The van der Waals surface area contributed by atoms with Crippen molar-refractivity contribution in [2.24, 2.45) is 0 Å². The van der Waals surface area contributed by atoms with Crippen LogP contribution in [0, 0.1) is 24.0 Å². The fourth-order valence-corrected chi connectivity index (χ4v) is 3.66. The maximum Gasteiger partial charge on any atom is 0.270 e. The molecule has 1 fully saturated rings. The molecule has 0 aromatic heterocycles. The number of hydrogen-bond acceptors (Lipinski definition) is 5. The van der Waals surface area contributed by atoms with Gasteiger partial charge in [0, 0.05) is 31.0 Å². The van der Waals surface area contributed by atoms with Crippen LogP contribution in [0.4, 0.5) is 11.4 Å². The van der Waals surface area contributed by atoms with Crippen molar-refractivity contribution in [2.45, 2.75) is 32.8 Å². The normalized spacial score (nSPS) is 15.5. The van der Waals surface area contributed by atoms with Crippen molar-refractivity contribution in [3.8, 4) is 0 Å². The molecule has 0 radical (unpaired) electrons. The lowest BCUT2D eigenvalue weighted by Gasteiger charge is -2.25. The second-order valence-corrected chi connectivity index (χ2v) is 7.94. The fraction of sp³-hybridized carbons (Fsp3) is 0.364. The van der Waals surface area contributed by atoms with Gasteiger partial charge in [-0.05, 0) is 49.9 Å². The second kappa shape index (κ2) is 9.89. The Bertz CT molecular complexity index is 1000. The smallest absolute Gasteiger partial charge is 0.270 e. The molecule has 1 saturated heterocycles. The first-order chi connectivity index (χ1) is 14.8. The Morgan fingerprint density at radius 2 is 2.06 bits per heavy atom. The van der Waals surface area contributed by atoms with Crippen molar-refractivity contribution in [3.63, 3.8) is 0 Å². The number of hydrogen-bond donors (Lipinski definition) is 1. The molecule has 0 aliphatic carbocycles. The number of benzene rings is 2. The largest absolute Gasteiger partial charge is 0.376 e. The number of halogens is 1. The van der Waals surface area contributed by atoms with Gasteiger partial charge in [0.2, 0.25) is 5.91 Å². The van der Waals surface area contributed by atoms with Crippen molar-refractivity contribution < 1.29 is 19.2 Å². The summed E-state index contributed by atoms with van der Waals surface area (Å²) in [5, 5.41) is 14.1. The molecule has 0 saturated carbocycles. The topological polar surface area (TPSA) is 102 Å². The van der Waals surface area contributed by atoms with E-state index >= 15 is 0 Å². The summed E-state index contributed by atoms with van der Waals surface area (Å²) in [5.74, 6) is -0.929. The summed E-state index contributed by atoms with van der Waals surface area (Å²) in [6.07, 6.45) is 1.44. The van der Waals surface area contributed by atoms with Crippen LogP contribution >= 0.6 is 11.6 Å². The predicted molar refractivity (Wildman–Crippen MR) is 118 cm³/mol. The molecule has 1 heterocycles. The van der Waals surface area contributed by atoms with Gasteiger partial charge in [-0.25, -0.2) is 0 Å². The number of anilines is 1. The zero-order chi connectivity index (χ0) is 22.5. The molecular weight excluding hydrogens is 422 g/mol. The number of ether oxygens (including phenoxy) is 1. The monoisotopic (exact) mass is 445 g/mol. The van der Waals surface area contributed by atoms with Crippen molar-refractivity contribution in [1.82, 2.24) is 4.90 Å². The van der Waals surface area contributed by atoms with Crippen LogP contribution in [0.5, 0.6) is 0 Å². The minimum Gasteiger partial charge on any atom is -0.376 e. The molecule has 2 amide bonds. The van der Waals surface area contributed by atoms with Crippen LogP contribution < -0.4 is 5.32 Å². The number of amides is 2. The number of nitro benzene ring substituents is 1. The van der Waals surface area contributed by atoms with Crippen molar-refractivity contribution in [3.05, 3.63) is 68.2 Å². The number of carbonyl (C=O) groups excluding carboxylic acids is 2. The van der Waals surface area contributed by atoms with Crippen LogP contribution in [0.25, 0.3) is 0 Å². The van der Waals surface area contributed by atoms with E-state index in [2.05, 4.69) is 5.32 Å². The van der Waals surface area contributed by atoms with Gasteiger partial charge >= 0.3 is 0 Å². The predicted octanol–water partition coefficient (Wildman–Crippen LogP) is 4.12. The zero-order valence-corrected chi connectivity index (χ0v) is 18.1. The number of aryl methyl sites for hydroxylation is 1. The van der Waals surface area contributed by atoms with Crippen LogP contribution in [-0.2, 0) is 9.53 Å². The van der Waals surface area contributed by atoms with Gasteiger partial charge in [0.15, 0.2) is 0 Å². The van der Waals surface area contributed by atoms with E-state index in [0.29, 0.717) is 12.3 Å². The molecule has 1 aliphatic rings. The summed E-state index contributed by atoms with van der Waals surface area (Å²) in [5.41, 5.74) is 2.38. The van der Waals surface area contributed by atoms with Gasteiger partial charge in [0.1, 0.15) is 6.54 Å². The number of nitro groups is 1. The summed E-state index contributed by atoms with van der Waals surface area (Å²) in [7, 11) is 0. The van der Waals surface area contributed by atoms with Gasteiger partial charge in [-0.2, -0.15) is 0 Å². The SMILES string of the molecule is Cc1cccc(NC(=O)CN(CC2CCCO2)C(=O)c2cc([N+](=O)[O-])ccc2Cl)c1C. The molecule has 3 rings (SSSR count). The van der Waals surface area contributed by atoms with Crippen LogP contribution in [-0.4, -0.2) is 47.4 Å². The zero-order valence-electron chi connectivity index (χ0n) is 17.4. The molecule has 0 spiro atoms. The van der Waals surface area contributed by atoms with Crippen molar-refractivity contribution >= 4 is 34.8 Å². The lowest BCUT2D eigenvalue weighted by molar-refractivity contribution is -0.384. The molecular formula is C22H24ClN3O5. The summed E-state index contributed by atoms with van der Waals surface area (Å²) in [6.45, 7) is 4.41. The lowest BCUT2D eigenvalue weighted by atomic mass is 10.1. The molecule has 1 unspecified atom stereocenters. The van der Waals surface area contributed by atoms with E-state index in [4.69, 9.17) is 16.3 Å². The fourth-order valence-electron chi connectivity index (χ4n) is 3.46. The number of non-ortho nitro benzene ring substituents is 1. The average Bonchev–Trinajstić information content (AvgIpc) is 3.24. The third-order valence-corrected chi connectivity index (χ3v) is 5.67. The average molecular weight is 446 g/mol. The molecule has 8 nitrogen and oxygen atoms in total. The van der Waals surface area contributed by atoms with Gasteiger partial charge in [-0.3, -0.25) is 19.7 Å². The maximum atomic E-state index is 13.2. The second-order valence-electron chi connectivity index (χ2n) is 7.54. The van der Waals surface area contributed by atoms with Gasteiger partial charge in [-0.15, -0.1) is 0 Å². The standard InChI is InChI=1S/C22H24ClN3O5/c1-14-5-3-7-20(15(14)2)24-21(27)13-25(12-17-6-4-10-31-17)22(28)18-11-16(26(29)30)8-9-19(18)23/h3,5,7-9,11,17H,4,6,10,12-13H2,1-2H3,(H,24,27). The molecule has 31 heavy (non-hydrogen) atoms. The number of rotatable bonds is 7. The summed E-state index contributed by atoms with van der Waals surface area (Å²) >= 11 is 6.16. The quantitative estimate of drug-likeness (QED) is 0.510. The highest BCUT2D eigenvalue weighted by molar-refractivity contribution is 6.34. The molecule has 9 heteroatoms. The molecule has 164 valence electrons. The molecule has 2 aromatic rings. The van der Waals surface area contributed by atoms with E-state index in [9.17, 15) is 19.7 Å². The summed E-state index contributed by atoms with van der Waals surface area (Å²) in [4.78, 5) is 37.9. The van der Waals surface area contributed by atoms with Crippen LogP contribution in [0.15, 0.2) is 36.4 Å². The third kappa shape index (κ3) is 5.59. The molecule has 1 N–H and O–H groups in total. The Labute approximate surface area is 185 Å². The Hall–Kier alpha value is -2.97. The van der Waals surface area contributed by atoms with E-state index < -0.39 is 10.8 Å². The highest BCUT2D eigenvalue weighted by Gasteiger charge is 2.27. The third-order valence-electron chi connectivity index (χ3n) is 5.34. The van der Waals surface area contributed by atoms with E-state index in [-0.39, 0.29) is 41.4 Å². The van der Waals surface area contributed by atoms with E-state index in [0.717, 1.165) is 30.0 Å². The molecule has 1 aliphatic heterocycles. The molecule has 0 bridgehead atoms. The van der Waals surface area contributed by atoms with Gasteiger partial charge in [-0.1, -0.05) is 23.7 Å². The number of carbonyl (C=O) groups is 2. The minimum absolute atomic E-state index is 0.0200. The Balaban J connectivity index is 1.83. The Morgan fingerprint density at radius 3 is 2.74 bits per heavy atom. The lowest BCUT2D eigenvalue weighted by Crippen LogP contribution is -2.42. The van der Waals surface area contributed by atoms with E-state index in [1.54, 1.807) is 6.07 Å². The first kappa shape index (κ1) is 22.7. The first-order valence-electron chi connectivity index (χ1n) is 9.97. The van der Waals surface area contributed by atoms with Crippen molar-refractivity contribution in [2.75, 3.05) is 25.0 Å². The number of nitrogens with zero attached hydrogens (tertiary/aromatic N) is 2. The van der Waals surface area contributed by atoms with Gasteiger partial charge < -0.3 is 15.0 Å². The van der Waals surface area contributed by atoms with E-state index in [1.165, 1.54) is 17.0 Å². The Morgan fingerprint density at radius 1 is 1.29 bits per heavy atom. The van der Waals surface area contributed by atoms with Gasteiger partial charge in [0.25, 0.3) is 11.6 Å². The molecule has 2 aromatic carbocycles. The first-order valence-corrected chi connectivity index (χ1v) is 10.3. The summed E-state index contributed by atoms with van der Waals surface area (Å²) < 4.78 is 5.63. The van der Waals surface area contributed by atoms with Crippen LogP contribution in [0.3, 0.4) is 0 Å². The summed E-state index contributed by atoms with van der Waals surface area (Å²) in [6, 6.07) is 9.27. The van der Waals surface area contributed by atoms with E-state index in [1.807, 2.05) is 26.0 Å². The molecule has 1 atom stereocenters. The highest BCUT2D eigenvalue weighted by atomic mass is 35.5. The maximum absolute atomic E-state index is 13.2. The van der Waals surface area contributed by atoms with Crippen LogP contribution in [0.1, 0.15) is 34.3 Å². The van der Waals surface area contributed by atoms with Crippen molar-refractivity contribution in [1.29, 1.82) is 0 Å². The highest BCUT2D eigenvalue weighted by Crippen LogP contribution is 2.25. The number of nitrogens with one attached hydrogen (secondary N) is 1. The van der Waals surface area contributed by atoms with Gasteiger partial charge in [0.05, 0.1) is 21.6 Å².